The molecule has 0 radical (unpaired) electrons. The smallest absolute Gasteiger partial charge is 0.222 e. The van der Waals surface area contributed by atoms with E-state index in [0.717, 1.165) is 62.4 Å². The van der Waals surface area contributed by atoms with Crippen molar-refractivity contribution < 1.29 is 9.53 Å². The van der Waals surface area contributed by atoms with E-state index in [1.807, 2.05) is 12.1 Å². The summed E-state index contributed by atoms with van der Waals surface area (Å²) in [4.78, 5) is 23.1. The van der Waals surface area contributed by atoms with E-state index in [-0.39, 0.29) is 11.3 Å². The number of amides is 1. The molecule has 0 N–H and O–H groups in total. The average Bonchev–Trinajstić information content (AvgIpc) is 3.53. The second kappa shape index (κ2) is 12.4. The van der Waals surface area contributed by atoms with E-state index in [1.165, 1.54) is 42.3 Å². The first kappa shape index (κ1) is 29.1. The summed E-state index contributed by atoms with van der Waals surface area (Å²) in [6, 6.07) is 29.7. The van der Waals surface area contributed by atoms with Crippen LogP contribution in [0.15, 0.2) is 78.9 Å². The maximum atomic E-state index is 13.3. The van der Waals surface area contributed by atoms with Crippen molar-refractivity contribution in [3.05, 3.63) is 95.8 Å². The van der Waals surface area contributed by atoms with Crippen molar-refractivity contribution in [3.63, 3.8) is 0 Å². The van der Waals surface area contributed by atoms with Crippen LogP contribution in [0.2, 0.25) is 0 Å². The lowest BCUT2D eigenvalue weighted by Crippen LogP contribution is -2.49. The van der Waals surface area contributed by atoms with Crippen LogP contribution in [-0.2, 0) is 16.6 Å². The lowest BCUT2D eigenvalue weighted by Gasteiger charge is -2.45. The minimum atomic E-state index is 0.126. The van der Waals surface area contributed by atoms with Gasteiger partial charge in [0.15, 0.2) is 0 Å². The van der Waals surface area contributed by atoms with Gasteiger partial charge in [0.25, 0.3) is 0 Å². The maximum Gasteiger partial charge on any atom is 0.222 e. The van der Waals surface area contributed by atoms with Crippen molar-refractivity contribution in [1.82, 2.24) is 19.4 Å². The number of aromatic nitrogens is 2. The standard InChI is InChI=1S/C38H46N4O2/c1-28-39-35-10-6-7-11-36(35)42(28)33-26-31-15-16-32(27-33)41(31)25-22-38(30-8-4-3-5-9-30)20-23-40(24-21-38)37(43)19-14-29-12-17-34(44-2)18-13-29/h3-13,17-18,31-33H,14-16,19-27H2,1-2H3/t31-,32+,33+. The van der Waals surface area contributed by atoms with Gasteiger partial charge in [-0.25, -0.2) is 4.98 Å². The number of aryl methyl sites for hydroxylation is 2. The number of fused-ring (bicyclic) bond motifs is 3. The third-order valence-electron chi connectivity index (χ3n) is 11.1. The van der Waals surface area contributed by atoms with Crippen molar-refractivity contribution in [2.75, 3.05) is 26.7 Å². The first-order valence-electron chi connectivity index (χ1n) is 16.7. The minimum Gasteiger partial charge on any atom is -0.497 e. The number of ether oxygens (including phenoxy) is 1. The molecule has 7 rings (SSSR count). The largest absolute Gasteiger partial charge is 0.497 e. The second-order valence-corrected chi connectivity index (χ2v) is 13.4. The fraction of sp³-hybridized carbons (Fsp3) is 0.474. The molecule has 3 aliphatic rings. The molecule has 0 saturated carbocycles. The van der Waals surface area contributed by atoms with Crippen molar-refractivity contribution >= 4 is 16.9 Å². The van der Waals surface area contributed by atoms with Gasteiger partial charge in [0.2, 0.25) is 5.91 Å². The van der Waals surface area contributed by atoms with E-state index in [4.69, 9.17) is 9.72 Å². The number of piperidine rings is 2. The Balaban J connectivity index is 1.00. The Bertz CT molecular complexity index is 1560. The molecule has 6 heteroatoms. The molecule has 230 valence electrons. The Kier molecular flexibility index (Phi) is 8.19. The van der Waals surface area contributed by atoms with Gasteiger partial charge in [-0.1, -0.05) is 54.6 Å². The molecule has 3 aliphatic heterocycles. The Morgan fingerprint density at radius 2 is 1.57 bits per heavy atom. The molecule has 0 spiro atoms. The van der Waals surface area contributed by atoms with Gasteiger partial charge in [-0.15, -0.1) is 0 Å². The van der Waals surface area contributed by atoms with E-state index in [1.54, 1.807) is 7.11 Å². The lowest BCUT2D eigenvalue weighted by molar-refractivity contribution is -0.132. The van der Waals surface area contributed by atoms with Gasteiger partial charge < -0.3 is 14.2 Å². The summed E-state index contributed by atoms with van der Waals surface area (Å²) in [6.07, 6.45) is 9.62. The maximum absolute atomic E-state index is 13.3. The number of hydrogen-bond acceptors (Lipinski definition) is 4. The Morgan fingerprint density at radius 1 is 0.886 bits per heavy atom. The van der Waals surface area contributed by atoms with E-state index in [2.05, 4.69) is 88.0 Å². The van der Waals surface area contributed by atoms with Crippen molar-refractivity contribution in [3.8, 4) is 5.75 Å². The molecule has 2 bridgehead atoms. The van der Waals surface area contributed by atoms with Gasteiger partial charge in [-0.2, -0.15) is 0 Å². The van der Waals surface area contributed by atoms with Crippen LogP contribution < -0.4 is 4.74 Å². The summed E-state index contributed by atoms with van der Waals surface area (Å²) in [5, 5.41) is 0. The van der Waals surface area contributed by atoms with Gasteiger partial charge >= 0.3 is 0 Å². The second-order valence-electron chi connectivity index (χ2n) is 13.4. The van der Waals surface area contributed by atoms with Gasteiger partial charge in [-0.3, -0.25) is 9.69 Å². The zero-order chi connectivity index (χ0) is 30.1. The Morgan fingerprint density at radius 3 is 2.27 bits per heavy atom. The fourth-order valence-electron chi connectivity index (χ4n) is 8.65. The van der Waals surface area contributed by atoms with Crippen LogP contribution >= 0.6 is 0 Å². The SMILES string of the molecule is COc1ccc(CCC(=O)N2CCC(CCN3[C@@H]4CC[C@H]3C[C@@H](n3c(C)nc5ccccc53)C4)(c3ccccc3)CC2)cc1. The number of imidazole rings is 1. The summed E-state index contributed by atoms with van der Waals surface area (Å²) >= 11 is 0. The number of carbonyl (C=O) groups excluding carboxylic acids is 1. The number of rotatable bonds is 9. The summed E-state index contributed by atoms with van der Waals surface area (Å²) in [5.41, 5.74) is 5.17. The molecular formula is C38H46N4O2. The average molecular weight is 591 g/mol. The van der Waals surface area contributed by atoms with E-state index < -0.39 is 0 Å². The molecule has 4 aromatic rings. The molecule has 1 aromatic heterocycles. The molecular weight excluding hydrogens is 544 g/mol. The highest BCUT2D eigenvalue weighted by molar-refractivity contribution is 5.77. The summed E-state index contributed by atoms with van der Waals surface area (Å²) < 4.78 is 7.81. The Hall–Kier alpha value is -3.64. The van der Waals surface area contributed by atoms with Gasteiger partial charge in [0.1, 0.15) is 11.6 Å². The zero-order valence-corrected chi connectivity index (χ0v) is 26.3. The van der Waals surface area contributed by atoms with Gasteiger partial charge in [-0.05, 0) is 106 Å². The number of likely N-dealkylation sites (tertiary alicyclic amines) is 1. The fourth-order valence-corrected chi connectivity index (χ4v) is 8.65. The molecule has 1 amide bonds. The normalized spacial score (nSPS) is 23.2. The van der Waals surface area contributed by atoms with E-state index >= 15 is 0 Å². The highest BCUT2D eigenvalue weighted by Gasteiger charge is 2.44. The molecule has 3 aromatic carbocycles. The molecule has 3 fully saturated rings. The molecule has 44 heavy (non-hydrogen) atoms. The third-order valence-corrected chi connectivity index (χ3v) is 11.1. The quantitative estimate of drug-likeness (QED) is 0.209. The van der Waals surface area contributed by atoms with Crippen LogP contribution in [0.1, 0.15) is 74.4 Å². The molecule has 0 aliphatic carbocycles. The predicted molar refractivity (Wildman–Crippen MR) is 176 cm³/mol. The van der Waals surface area contributed by atoms with Crippen LogP contribution in [0.25, 0.3) is 11.0 Å². The molecule has 4 heterocycles. The number of hydrogen-bond donors (Lipinski definition) is 0. The number of para-hydroxylation sites is 2. The molecule has 3 saturated heterocycles. The van der Waals surface area contributed by atoms with Crippen LogP contribution in [0.5, 0.6) is 5.75 Å². The monoisotopic (exact) mass is 590 g/mol. The van der Waals surface area contributed by atoms with Crippen molar-refractivity contribution in [2.24, 2.45) is 0 Å². The van der Waals surface area contributed by atoms with Crippen LogP contribution in [0.4, 0.5) is 0 Å². The minimum absolute atomic E-state index is 0.126. The highest BCUT2D eigenvalue weighted by Crippen LogP contribution is 2.45. The molecule has 0 unspecified atom stereocenters. The van der Waals surface area contributed by atoms with E-state index in [0.29, 0.717) is 24.5 Å². The lowest BCUT2D eigenvalue weighted by atomic mass is 9.70. The van der Waals surface area contributed by atoms with Crippen LogP contribution in [0, 0.1) is 6.92 Å². The van der Waals surface area contributed by atoms with Crippen LogP contribution in [-0.4, -0.2) is 64.1 Å². The first-order chi connectivity index (χ1) is 21.5. The summed E-state index contributed by atoms with van der Waals surface area (Å²) in [6.45, 7) is 5.01. The topological polar surface area (TPSA) is 50.6 Å². The van der Waals surface area contributed by atoms with Crippen molar-refractivity contribution in [1.29, 1.82) is 0 Å². The van der Waals surface area contributed by atoms with Crippen molar-refractivity contribution in [2.45, 2.75) is 88.3 Å². The van der Waals surface area contributed by atoms with Gasteiger partial charge in [0.05, 0.1) is 18.1 Å². The number of methoxy groups -OCH3 is 1. The molecule has 6 nitrogen and oxygen atoms in total. The zero-order valence-electron chi connectivity index (χ0n) is 26.3. The highest BCUT2D eigenvalue weighted by atomic mass is 16.5. The third kappa shape index (κ3) is 5.65. The summed E-state index contributed by atoms with van der Waals surface area (Å²) in [5.74, 6) is 2.29. The number of carbonyl (C=O) groups is 1. The number of benzene rings is 3. The Labute approximate surface area is 262 Å². The molecule has 3 atom stereocenters. The first-order valence-corrected chi connectivity index (χ1v) is 16.7. The number of nitrogens with zero attached hydrogens (tertiary/aromatic N) is 4. The van der Waals surface area contributed by atoms with Gasteiger partial charge in [0, 0.05) is 37.6 Å². The van der Waals surface area contributed by atoms with Crippen LogP contribution in [0.3, 0.4) is 0 Å². The predicted octanol–water partition coefficient (Wildman–Crippen LogP) is 7.10. The van der Waals surface area contributed by atoms with E-state index in [9.17, 15) is 4.79 Å². The summed E-state index contributed by atoms with van der Waals surface area (Å²) in [7, 11) is 1.68.